The summed E-state index contributed by atoms with van der Waals surface area (Å²) < 4.78 is 2.09. The fourth-order valence-electron chi connectivity index (χ4n) is 3.13. The van der Waals surface area contributed by atoms with E-state index in [1.165, 1.54) is 0 Å². The Morgan fingerprint density at radius 1 is 1.41 bits per heavy atom. The molecule has 0 bridgehead atoms. The zero-order chi connectivity index (χ0) is 15.1. The van der Waals surface area contributed by atoms with Gasteiger partial charge in [0.2, 0.25) is 5.91 Å². The van der Waals surface area contributed by atoms with Crippen LogP contribution in [0, 0.1) is 5.92 Å². The van der Waals surface area contributed by atoms with Crippen LogP contribution in [-0.2, 0) is 24.3 Å². The molecule has 6 nitrogen and oxygen atoms in total. The molecule has 2 aliphatic heterocycles. The Bertz CT molecular complexity index is 765. The number of hydrogen-bond donors (Lipinski definition) is 2. The lowest BCUT2D eigenvalue weighted by Crippen LogP contribution is -2.30. The number of amides is 2. The van der Waals surface area contributed by atoms with Crippen molar-refractivity contribution in [3.05, 3.63) is 47.5 Å². The second-order valence-electron chi connectivity index (χ2n) is 5.81. The number of aryl methyl sites for hydroxylation is 1. The third kappa shape index (κ3) is 2.16. The molecule has 0 spiro atoms. The molecule has 0 radical (unpaired) electrons. The van der Waals surface area contributed by atoms with E-state index < -0.39 is 0 Å². The molecule has 2 amide bonds. The molecular formula is C16H16N4O2. The van der Waals surface area contributed by atoms with E-state index in [0.29, 0.717) is 24.2 Å². The van der Waals surface area contributed by atoms with E-state index in [0.717, 1.165) is 24.2 Å². The number of anilines is 1. The zero-order valence-electron chi connectivity index (χ0n) is 12.0. The van der Waals surface area contributed by atoms with Crippen molar-refractivity contribution in [1.29, 1.82) is 0 Å². The minimum atomic E-state index is -0.0762. The van der Waals surface area contributed by atoms with Gasteiger partial charge in [0.25, 0.3) is 5.91 Å². The Morgan fingerprint density at radius 3 is 3.23 bits per heavy atom. The number of fused-ring (bicyclic) bond motifs is 2. The molecular weight excluding hydrogens is 280 g/mol. The Hall–Kier alpha value is -2.63. The summed E-state index contributed by atoms with van der Waals surface area (Å²) in [6.45, 7) is 1.38. The number of imidazole rings is 1. The first-order valence-electron chi connectivity index (χ1n) is 7.42. The van der Waals surface area contributed by atoms with E-state index in [4.69, 9.17) is 0 Å². The molecule has 2 aromatic rings. The van der Waals surface area contributed by atoms with Crippen LogP contribution in [-0.4, -0.2) is 21.4 Å². The second-order valence-corrected chi connectivity index (χ2v) is 5.81. The SMILES string of the molecule is O=C1NCc2ccc(NC(=O)[C@H]3CCn4cncc4C3)cc21. The van der Waals surface area contributed by atoms with Crippen molar-refractivity contribution >= 4 is 17.5 Å². The van der Waals surface area contributed by atoms with Crippen LogP contribution in [0.25, 0.3) is 0 Å². The number of aromatic nitrogens is 2. The van der Waals surface area contributed by atoms with Gasteiger partial charge in [-0.3, -0.25) is 9.59 Å². The standard InChI is InChI=1S/C16H16N4O2/c21-15(10-3-4-20-9-17-8-13(20)5-10)19-12-2-1-11-7-18-16(22)14(11)6-12/h1-2,6,8-10H,3-5,7H2,(H,18,22)(H,19,21)/t10-/m0/s1. The molecule has 4 rings (SSSR count). The fourth-order valence-corrected chi connectivity index (χ4v) is 3.13. The van der Waals surface area contributed by atoms with Gasteiger partial charge in [-0.25, -0.2) is 4.98 Å². The highest BCUT2D eigenvalue weighted by molar-refractivity contribution is 6.00. The molecule has 0 unspecified atom stereocenters. The van der Waals surface area contributed by atoms with Gasteiger partial charge in [0, 0.05) is 48.6 Å². The first-order valence-corrected chi connectivity index (χ1v) is 7.42. The van der Waals surface area contributed by atoms with Gasteiger partial charge in [0.15, 0.2) is 0 Å². The number of carbonyl (C=O) groups excluding carboxylic acids is 2. The summed E-state index contributed by atoms with van der Waals surface area (Å²) in [5, 5.41) is 5.71. The number of carbonyl (C=O) groups is 2. The number of benzene rings is 1. The van der Waals surface area contributed by atoms with Crippen LogP contribution in [0.1, 0.15) is 28.0 Å². The van der Waals surface area contributed by atoms with E-state index in [1.807, 2.05) is 24.7 Å². The highest BCUT2D eigenvalue weighted by Gasteiger charge is 2.25. The quantitative estimate of drug-likeness (QED) is 0.877. The number of hydrogen-bond acceptors (Lipinski definition) is 3. The van der Waals surface area contributed by atoms with Crippen LogP contribution in [0.4, 0.5) is 5.69 Å². The summed E-state index contributed by atoms with van der Waals surface area (Å²) in [6.07, 6.45) is 5.14. The van der Waals surface area contributed by atoms with Gasteiger partial charge in [-0.15, -0.1) is 0 Å². The van der Waals surface area contributed by atoms with Crippen LogP contribution in [0.3, 0.4) is 0 Å². The average Bonchev–Trinajstić information content (AvgIpc) is 3.13. The Morgan fingerprint density at radius 2 is 2.32 bits per heavy atom. The third-order valence-corrected chi connectivity index (χ3v) is 4.40. The average molecular weight is 296 g/mol. The zero-order valence-corrected chi connectivity index (χ0v) is 12.0. The smallest absolute Gasteiger partial charge is 0.251 e. The maximum absolute atomic E-state index is 12.4. The van der Waals surface area contributed by atoms with Gasteiger partial charge < -0.3 is 15.2 Å². The Kier molecular flexibility index (Phi) is 2.96. The highest BCUT2D eigenvalue weighted by Crippen LogP contribution is 2.24. The maximum atomic E-state index is 12.4. The molecule has 112 valence electrons. The normalized spacial score (nSPS) is 19.3. The van der Waals surface area contributed by atoms with Gasteiger partial charge in [-0.1, -0.05) is 6.07 Å². The van der Waals surface area contributed by atoms with E-state index >= 15 is 0 Å². The largest absolute Gasteiger partial charge is 0.348 e. The molecule has 6 heteroatoms. The van der Waals surface area contributed by atoms with Gasteiger partial charge >= 0.3 is 0 Å². The van der Waals surface area contributed by atoms with Crippen molar-refractivity contribution in [3.8, 4) is 0 Å². The molecule has 1 atom stereocenters. The van der Waals surface area contributed by atoms with Crippen LogP contribution < -0.4 is 10.6 Å². The maximum Gasteiger partial charge on any atom is 0.251 e. The molecule has 1 aromatic carbocycles. The van der Waals surface area contributed by atoms with Gasteiger partial charge in [-0.2, -0.15) is 0 Å². The third-order valence-electron chi connectivity index (χ3n) is 4.40. The molecule has 22 heavy (non-hydrogen) atoms. The van der Waals surface area contributed by atoms with E-state index in [1.54, 1.807) is 6.07 Å². The molecule has 2 aliphatic rings. The number of rotatable bonds is 2. The van der Waals surface area contributed by atoms with Crippen molar-refractivity contribution in [2.45, 2.75) is 25.9 Å². The molecule has 3 heterocycles. The summed E-state index contributed by atoms with van der Waals surface area (Å²) >= 11 is 0. The van der Waals surface area contributed by atoms with Crippen LogP contribution in [0.15, 0.2) is 30.7 Å². The molecule has 1 aromatic heterocycles. The highest BCUT2D eigenvalue weighted by atomic mass is 16.2. The Labute approximate surface area is 127 Å². The van der Waals surface area contributed by atoms with Crippen molar-refractivity contribution in [1.82, 2.24) is 14.9 Å². The summed E-state index contributed by atoms with van der Waals surface area (Å²) in [5.74, 6) is -0.121. The molecule has 0 saturated heterocycles. The topological polar surface area (TPSA) is 76.0 Å². The van der Waals surface area contributed by atoms with E-state index in [9.17, 15) is 9.59 Å². The minimum Gasteiger partial charge on any atom is -0.348 e. The van der Waals surface area contributed by atoms with Crippen molar-refractivity contribution < 1.29 is 9.59 Å². The summed E-state index contributed by atoms with van der Waals surface area (Å²) in [6, 6.07) is 5.49. The van der Waals surface area contributed by atoms with Crippen LogP contribution in [0.5, 0.6) is 0 Å². The molecule has 0 aliphatic carbocycles. The predicted molar refractivity (Wildman–Crippen MR) is 80.3 cm³/mol. The van der Waals surface area contributed by atoms with Crippen LogP contribution in [0.2, 0.25) is 0 Å². The first-order chi connectivity index (χ1) is 10.7. The Balaban J connectivity index is 1.49. The van der Waals surface area contributed by atoms with Crippen molar-refractivity contribution in [3.63, 3.8) is 0 Å². The lowest BCUT2D eigenvalue weighted by atomic mass is 9.95. The summed E-state index contributed by atoms with van der Waals surface area (Å²) in [4.78, 5) is 28.2. The summed E-state index contributed by atoms with van der Waals surface area (Å²) in [5.41, 5.74) is 3.41. The fraction of sp³-hybridized carbons (Fsp3) is 0.312. The van der Waals surface area contributed by atoms with E-state index in [2.05, 4.69) is 20.2 Å². The van der Waals surface area contributed by atoms with Gasteiger partial charge in [0.05, 0.1) is 6.33 Å². The van der Waals surface area contributed by atoms with Crippen molar-refractivity contribution in [2.75, 3.05) is 5.32 Å². The lowest BCUT2D eigenvalue weighted by Gasteiger charge is -2.23. The van der Waals surface area contributed by atoms with Crippen LogP contribution >= 0.6 is 0 Å². The number of nitrogens with zero attached hydrogens (tertiary/aromatic N) is 2. The van der Waals surface area contributed by atoms with Gasteiger partial charge in [0.1, 0.15) is 0 Å². The number of nitrogens with one attached hydrogen (secondary N) is 2. The molecule has 0 saturated carbocycles. The van der Waals surface area contributed by atoms with Gasteiger partial charge in [-0.05, 0) is 24.1 Å². The minimum absolute atomic E-state index is 0.00538. The first kappa shape index (κ1) is 13.1. The molecule has 0 fully saturated rings. The summed E-state index contributed by atoms with van der Waals surface area (Å²) in [7, 11) is 0. The predicted octanol–water partition coefficient (Wildman–Crippen LogP) is 1.33. The van der Waals surface area contributed by atoms with E-state index in [-0.39, 0.29) is 17.7 Å². The lowest BCUT2D eigenvalue weighted by molar-refractivity contribution is -0.120. The second kappa shape index (κ2) is 4.98. The molecule has 2 N–H and O–H groups in total. The van der Waals surface area contributed by atoms with Crippen molar-refractivity contribution in [2.24, 2.45) is 5.92 Å². The monoisotopic (exact) mass is 296 g/mol.